The van der Waals surface area contributed by atoms with Crippen molar-refractivity contribution >= 4 is 33.5 Å². The number of rotatable bonds is 5. The summed E-state index contributed by atoms with van der Waals surface area (Å²) >= 11 is 9.12. The molecule has 0 saturated heterocycles. The van der Waals surface area contributed by atoms with E-state index in [0.29, 0.717) is 4.47 Å². The maximum Gasteiger partial charge on any atom is 0.339 e. The van der Waals surface area contributed by atoms with Crippen LogP contribution in [0.1, 0.15) is 15.9 Å². The number of methoxy groups -OCH3 is 1. The van der Waals surface area contributed by atoms with Gasteiger partial charge in [0.05, 0.1) is 12.1 Å². The summed E-state index contributed by atoms with van der Waals surface area (Å²) in [5, 5.41) is 9.46. The number of halogens is 3. The second kappa shape index (κ2) is 6.98. The minimum Gasteiger partial charge on any atom is -0.493 e. The number of carbonyl (C=O) groups is 1. The van der Waals surface area contributed by atoms with Crippen molar-refractivity contribution in [1.29, 1.82) is 0 Å². The minimum atomic E-state index is -1.19. The summed E-state index contributed by atoms with van der Waals surface area (Å²) in [7, 11) is 1.39. The average molecular weight is 390 g/mol. The van der Waals surface area contributed by atoms with Crippen LogP contribution >= 0.6 is 27.5 Å². The molecular formula is C15H11BrClFO4. The largest absolute Gasteiger partial charge is 0.493 e. The Morgan fingerprint density at radius 3 is 2.73 bits per heavy atom. The number of ether oxygens (including phenoxy) is 2. The maximum absolute atomic E-state index is 13.7. The Bertz CT molecular complexity index is 701. The van der Waals surface area contributed by atoms with Gasteiger partial charge >= 0.3 is 5.97 Å². The van der Waals surface area contributed by atoms with Crippen LogP contribution in [-0.4, -0.2) is 18.2 Å². The van der Waals surface area contributed by atoms with Crippen molar-refractivity contribution < 1.29 is 23.8 Å². The van der Waals surface area contributed by atoms with Crippen LogP contribution in [0.4, 0.5) is 4.39 Å². The number of carboxylic acids is 1. The fourth-order valence-corrected chi connectivity index (χ4v) is 2.50. The van der Waals surface area contributed by atoms with Gasteiger partial charge in [-0.3, -0.25) is 0 Å². The molecule has 0 aliphatic heterocycles. The standard InChI is InChI=1S/C15H11BrClFO4/c1-21-13-6-8(16)5-9(15(19)20)14(13)22-7-10-11(17)3-2-4-12(10)18/h2-6H,7H2,1H3,(H,19,20). The smallest absolute Gasteiger partial charge is 0.339 e. The van der Waals surface area contributed by atoms with Crippen LogP contribution in [0.2, 0.25) is 5.02 Å². The maximum atomic E-state index is 13.7. The Morgan fingerprint density at radius 2 is 2.14 bits per heavy atom. The Hall–Kier alpha value is -1.79. The van der Waals surface area contributed by atoms with Gasteiger partial charge in [-0.1, -0.05) is 33.6 Å². The summed E-state index contributed by atoms with van der Waals surface area (Å²) in [6.45, 7) is -0.218. The first-order chi connectivity index (χ1) is 10.4. The molecule has 1 N–H and O–H groups in total. The highest BCUT2D eigenvalue weighted by Gasteiger charge is 2.19. The van der Waals surface area contributed by atoms with Gasteiger partial charge in [0.15, 0.2) is 11.5 Å². The average Bonchev–Trinajstić information content (AvgIpc) is 2.47. The van der Waals surface area contributed by atoms with Gasteiger partial charge in [-0.05, 0) is 24.3 Å². The predicted molar refractivity (Wildman–Crippen MR) is 83.4 cm³/mol. The molecule has 116 valence electrons. The predicted octanol–water partition coefficient (Wildman–Crippen LogP) is 4.53. The van der Waals surface area contributed by atoms with Crippen LogP contribution in [0, 0.1) is 5.82 Å². The van der Waals surface area contributed by atoms with Crippen molar-refractivity contribution in [2.75, 3.05) is 7.11 Å². The summed E-state index contributed by atoms with van der Waals surface area (Å²) in [5.74, 6) is -1.48. The van der Waals surface area contributed by atoms with Crippen LogP contribution in [0.25, 0.3) is 0 Å². The van der Waals surface area contributed by atoms with E-state index in [4.69, 9.17) is 21.1 Å². The monoisotopic (exact) mass is 388 g/mol. The summed E-state index contributed by atoms with van der Waals surface area (Å²) in [4.78, 5) is 11.3. The van der Waals surface area contributed by atoms with Crippen molar-refractivity contribution in [3.05, 3.63) is 56.8 Å². The van der Waals surface area contributed by atoms with E-state index in [2.05, 4.69) is 15.9 Å². The van der Waals surface area contributed by atoms with Gasteiger partial charge in [0.1, 0.15) is 18.0 Å². The molecule has 4 nitrogen and oxygen atoms in total. The lowest BCUT2D eigenvalue weighted by Gasteiger charge is -2.14. The van der Waals surface area contributed by atoms with E-state index < -0.39 is 11.8 Å². The SMILES string of the molecule is COc1cc(Br)cc(C(=O)O)c1OCc1c(F)cccc1Cl. The lowest BCUT2D eigenvalue weighted by Crippen LogP contribution is -2.06. The van der Waals surface area contributed by atoms with Gasteiger partial charge in [0.25, 0.3) is 0 Å². The molecule has 2 aromatic carbocycles. The second-order valence-electron chi connectivity index (χ2n) is 4.28. The van der Waals surface area contributed by atoms with Crippen LogP contribution < -0.4 is 9.47 Å². The van der Waals surface area contributed by atoms with Crippen molar-refractivity contribution in [3.8, 4) is 11.5 Å². The molecular weight excluding hydrogens is 379 g/mol. The lowest BCUT2D eigenvalue weighted by atomic mass is 10.2. The van der Waals surface area contributed by atoms with Gasteiger partial charge in [0.2, 0.25) is 0 Å². The molecule has 0 saturated carbocycles. The van der Waals surface area contributed by atoms with E-state index in [1.807, 2.05) is 0 Å². The molecule has 0 atom stereocenters. The zero-order valence-electron chi connectivity index (χ0n) is 11.4. The first kappa shape index (κ1) is 16.6. The number of carboxylic acid groups (broad SMARTS) is 1. The second-order valence-corrected chi connectivity index (χ2v) is 5.60. The van der Waals surface area contributed by atoms with Crippen molar-refractivity contribution in [3.63, 3.8) is 0 Å². The third kappa shape index (κ3) is 3.51. The van der Waals surface area contributed by atoms with Crippen molar-refractivity contribution in [2.45, 2.75) is 6.61 Å². The Labute approximate surface area is 139 Å². The molecule has 2 aromatic rings. The normalized spacial score (nSPS) is 10.4. The summed E-state index contributed by atoms with van der Waals surface area (Å²) in [6.07, 6.45) is 0. The molecule has 7 heteroatoms. The Morgan fingerprint density at radius 1 is 1.41 bits per heavy atom. The van der Waals surface area contributed by atoms with E-state index >= 15 is 0 Å². The van der Waals surface area contributed by atoms with Crippen molar-refractivity contribution in [1.82, 2.24) is 0 Å². The first-order valence-electron chi connectivity index (χ1n) is 6.10. The van der Waals surface area contributed by atoms with Crippen LogP contribution in [0.3, 0.4) is 0 Å². The number of hydrogen-bond donors (Lipinski definition) is 1. The highest BCUT2D eigenvalue weighted by molar-refractivity contribution is 9.10. The van der Waals surface area contributed by atoms with Crippen LogP contribution in [0.15, 0.2) is 34.8 Å². The Kier molecular flexibility index (Phi) is 5.26. The molecule has 2 rings (SSSR count). The first-order valence-corrected chi connectivity index (χ1v) is 7.27. The third-order valence-corrected chi connectivity index (χ3v) is 3.70. The van der Waals surface area contributed by atoms with E-state index in [9.17, 15) is 14.3 Å². The van der Waals surface area contributed by atoms with Gasteiger partial charge < -0.3 is 14.6 Å². The van der Waals surface area contributed by atoms with E-state index in [0.717, 1.165) is 0 Å². The van der Waals surface area contributed by atoms with Gasteiger partial charge in [-0.25, -0.2) is 9.18 Å². The zero-order chi connectivity index (χ0) is 16.3. The lowest BCUT2D eigenvalue weighted by molar-refractivity contribution is 0.0690. The zero-order valence-corrected chi connectivity index (χ0v) is 13.7. The Balaban J connectivity index is 2.39. The molecule has 0 bridgehead atoms. The molecule has 0 amide bonds. The molecule has 0 aromatic heterocycles. The number of benzene rings is 2. The molecule has 0 heterocycles. The third-order valence-electron chi connectivity index (χ3n) is 2.89. The fourth-order valence-electron chi connectivity index (χ4n) is 1.84. The highest BCUT2D eigenvalue weighted by atomic mass is 79.9. The molecule has 0 aliphatic rings. The minimum absolute atomic E-state index is 0.0116. The van der Waals surface area contributed by atoms with Gasteiger partial charge in [0, 0.05) is 10.0 Å². The van der Waals surface area contributed by atoms with Crippen LogP contribution in [-0.2, 0) is 6.61 Å². The fraction of sp³-hybridized carbons (Fsp3) is 0.133. The van der Waals surface area contributed by atoms with E-state index in [1.54, 1.807) is 6.07 Å². The van der Waals surface area contributed by atoms with E-state index in [-0.39, 0.29) is 34.3 Å². The molecule has 0 spiro atoms. The quantitative estimate of drug-likeness (QED) is 0.816. The molecule has 22 heavy (non-hydrogen) atoms. The van der Waals surface area contributed by atoms with E-state index in [1.165, 1.54) is 31.4 Å². The molecule has 0 aliphatic carbocycles. The van der Waals surface area contributed by atoms with Crippen LogP contribution in [0.5, 0.6) is 11.5 Å². The van der Waals surface area contributed by atoms with Gasteiger partial charge in [-0.15, -0.1) is 0 Å². The summed E-state index contributed by atoms with van der Waals surface area (Å²) in [6, 6.07) is 7.19. The van der Waals surface area contributed by atoms with Gasteiger partial charge in [-0.2, -0.15) is 0 Å². The topological polar surface area (TPSA) is 55.8 Å². The molecule has 0 radical (unpaired) electrons. The highest BCUT2D eigenvalue weighted by Crippen LogP contribution is 2.36. The number of aromatic carboxylic acids is 1. The summed E-state index contributed by atoms with van der Waals surface area (Å²) in [5.41, 5.74) is 0.0455. The molecule has 0 fully saturated rings. The molecule has 0 unspecified atom stereocenters. The number of hydrogen-bond acceptors (Lipinski definition) is 3. The summed E-state index contributed by atoms with van der Waals surface area (Å²) < 4.78 is 24.9. The van der Waals surface area contributed by atoms with Crippen molar-refractivity contribution in [2.24, 2.45) is 0 Å².